The molecule has 10 heteroatoms. The molecule has 1 aromatic heterocycles. The smallest absolute Gasteiger partial charge is 0.330 e. The van der Waals surface area contributed by atoms with E-state index < -0.39 is 35.7 Å². The predicted octanol–water partition coefficient (Wildman–Crippen LogP) is 1.32. The minimum Gasteiger partial charge on any atom is -0.463 e. The molecule has 0 aliphatic carbocycles. The summed E-state index contributed by atoms with van der Waals surface area (Å²) in [6, 6.07) is 1.23. The standard InChI is InChI=1S/C19H28N2O7S/c1-11(2)17(23)26-9-14-13(28-18(24)12(3)4)6-8-29-10-16(27-14)21-7-5-15(22)20-19(21)25/h5,7,11-14,16H,6,8-10H2,1-4H3,(H,20,22,25)/t13-,14+,16+/m0/s1. The van der Waals surface area contributed by atoms with Crippen LogP contribution < -0.4 is 11.2 Å². The molecule has 0 aromatic carbocycles. The van der Waals surface area contributed by atoms with E-state index in [9.17, 15) is 19.2 Å². The van der Waals surface area contributed by atoms with Gasteiger partial charge in [0, 0.05) is 18.0 Å². The zero-order chi connectivity index (χ0) is 21.6. The van der Waals surface area contributed by atoms with Crippen LogP contribution in [0.25, 0.3) is 0 Å². The SMILES string of the molecule is CC(C)C(=O)OC[C@H]1O[C@@H](n2ccc(=O)[nH]c2=O)CSCC[C@@H]1OC(=O)C(C)C. The minimum atomic E-state index is -0.745. The summed E-state index contributed by atoms with van der Waals surface area (Å²) in [5.41, 5.74) is -1.10. The molecule has 1 fully saturated rings. The van der Waals surface area contributed by atoms with Crippen LogP contribution in [0.1, 0.15) is 40.3 Å². The number of nitrogens with zero attached hydrogens (tertiary/aromatic N) is 1. The number of hydrogen-bond acceptors (Lipinski definition) is 8. The first kappa shape index (κ1) is 23.2. The van der Waals surface area contributed by atoms with Crippen molar-refractivity contribution < 1.29 is 23.8 Å². The molecule has 1 N–H and O–H groups in total. The van der Waals surface area contributed by atoms with Crippen LogP contribution in [0.4, 0.5) is 0 Å². The van der Waals surface area contributed by atoms with Crippen molar-refractivity contribution in [3.05, 3.63) is 33.1 Å². The number of esters is 2. The Morgan fingerprint density at radius 3 is 2.55 bits per heavy atom. The number of thioether (sulfide) groups is 1. The van der Waals surface area contributed by atoms with Crippen molar-refractivity contribution >= 4 is 23.7 Å². The Morgan fingerprint density at radius 2 is 1.93 bits per heavy atom. The van der Waals surface area contributed by atoms with Gasteiger partial charge in [0.1, 0.15) is 25.0 Å². The van der Waals surface area contributed by atoms with Crippen molar-refractivity contribution in [3.8, 4) is 0 Å². The number of aromatic nitrogens is 2. The van der Waals surface area contributed by atoms with Crippen LogP contribution in [0.3, 0.4) is 0 Å². The highest BCUT2D eigenvalue weighted by Crippen LogP contribution is 2.26. The van der Waals surface area contributed by atoms with E-state index in [1.165, 1.54) is 28.6 Å². The molecule has 0 unspecified atom stereocenters. The molecule has 162 valence electrons. The molecule has 9 nitrogen and oxygen atoms in total. The molecule has 0 bridgehead atoms. The van der Waals surface area contributed by atoms with Crippen LogP contribution in [-0.4, -0.2) is 51.8 Å². The third-order valence-electron chi connectivity index (χ3n) is 4.32. The second-order valence-corrected chi connectivity index (χ2v) is 8.57. The molecule has 0 radical (unpaired) electrons. The molecule has 1 aliphatic heterocycles. The van der Waals surface area contributed by atoms with E-state index in [0.717, 1.165) is 0 Å². The van der Waals surface area contributed by atoms with Gasteiger partial charge >= 0.3 is 17.6 Å². The first-order valence-corrected chi connectivity index (χ1v) is 10.8. The topological polar surface area (TPSA) is 117 Å². The van der Waals surface area contributed by atoms with Crippen LogP contribution in [-0.2, 0) is 23.8 Å². The van der Waals surface area contributed by atoms with Crippen molar-refractivity contribution in [2.24, 2.45) is 11.8 Å². The van der Waals surface area contributed by atoms with E-state index in [-0.39, 0.29) is 24.4 Å². The summed E-state index contributed by atoms with van der Waals surface area (Å²) in [4.78, 5) is 49.9. The molecule has 1 saturated heterocycles. The van der Waals surface area contributed by atoms with Gasteiger partial charge in [-0.15, -0.1) is 0 Å². The Hall–Kier alpha value is -2.07. The monoisotopic (exact) mass is 428 g/mol. The van der Waals surface area contributed by atoms with E-state index in [2.05, 4.69) is 4.98 Å². The van der Waals surface area contributed by atoms with E-state index in [0.29, 0.717) is 17.9 Å². The number of aromatic amines is 1. The summed E-state index contributed by atoms with van der Waals surface area (Å²) in [6.07, 6.45) is -0.197. The van der Waals surface area contributed by atoms with Gasteiger partial charge in [-0.05, 0) is 12.2 Å². The third kappa shape index (κ3) is 6.74. The Balaban J connectivity index is 2.26. The van der Waals surface area contributed by atoms with Crippen molar-refractivity contribution in [2.75, 3.05) is 18.1 Å². The Labute approximate surface area is 173 Å². The van der Waals surface area contributed by atoms with Gasteiger partial charge in [-0.3, -0.25) is 23.9 Å². The Morgan fingerprint density at radius 1 is 1.24 bits per heavy atom. The van der Waals surface area contributed by atoms with Gasteiger partial charge in [0.15, 0.2) is 0 Å². The molecule has 0 spiro atoms. The van der Waals surface area contributed by atoms with Crippen LogP contribution in [0.15, 0.2) is 21.9 Å². The van der Waals surface area contributed by atoms with Crippen LogP contribution in [0.2, 0.25) is 0 Å². The van der Waals surface area contributed by atoms with Gasteiger partial charge in [0.05, 0.1) is 11.8 Å². The lowest BCUT2D eigenvalue weighted by Gasteiger charge is -2.33. The lowest BCUT2D eigenvalue weighted by molar-refractivity contribution is -0.179. The van der Waals surface area contributed by atoms with Crippen LogP contribution in [0, 0.1) is 11.8 Å². The van der Waals surface area contributed by atoms with Gasteiger partial charge < -0.3 is 14.2 Å². The molecule has 0 saturated carbocycles. The van der Waals surface area contributed by atoms with Crippen LogP contribution >= 0.6 is 11.8 Å². The number of rotatable bonds is 6. The maximum absolute atomic E-state index is 12.2. The van der Waals surface area contributed by atoms with Gasteiger partial charge in [-0.25, -0.2) is 4.79 Å². The highest BCUT2D eigenvalue weighted by atomic mass is 32.2. The number of nitrogens with one attached hydrogen (secondary N) is 1. The fourth-order valence-corrected chi connectivity index (χ4v) is 3.60. The summed E-state index contributed by atoms with van der Waals surface area (Å²) in [5, 5.41) is 0. The zero-order valence-electron chi connectivity index (χ0n) is 17.1. The quantitative estimate of drug-likeness (QED) is 0.675. The van der Waals surface area contributed by atoms with Crippen molar-refractivity contribution in [1.82, 2.24) is 9.55 Å². The number of carbonyl (C=O) groups is 2. The molecular formula is C19H28N2O7S. The number of H-pyrrole nitrogens is 1. The number of hydrogen-bond donors (Lipinski definition) is 1. The highest BCUT2D eigenvalue weighted by molar-refractivity contribution is 7.99. The summed E-state index contributed by atoms with van der Waals surface area (Å²) in [5.74, 6) is -0.273. The number of ether oxygens (including phenoxy) is 3. The maximum Gasteiger partial charge on any atom is 0.330 e. The molecular weight excluding hydrogens is 400 g/mol. The van der Waals surface area contributed by atoms with E-state index >= 15 is 0 Å². The molecule has 2 heterocycles. The molecule has 1 aromatic rings. The number of carbonyl (C=O) groups excluding carboxylic acids is 2. The average molecular weight is 429 g/mol. The molecule has 3 atom stereocenters. The Bertz CT molecular complexity index is 817. The van der Waals surface area contributed by atoms with Crippen molar-refractivity contribution in [1.29, 1.82) is 0 Å². The van der Waals surface area contributed by atoms with E-state index in [4.69, 9.17) is 14.2 Å². The minimum absolute atomic E-state index is 0.105. The van der Waals surface area contributed by atoms with E-state index in [1.54, 1.807) is 27.7 Å². The maximum atomic E-state index is 12.2. The first-order valence-electron chi connectivity index (χ1n) is 9.60. The summed E-state index contributed by atoms with van der Waals surface area (Å²) in [7, 11) is 0. The van der Waals surface area contributed by atoms with Crippen molar-refractivity contribution in [3.63, 3.8) is 0 Å². The molecule has 2 rings (SSSR count). The molecule has 29 heavy (non-hydrogen) atoms. The highest BCUT2D eigenvalue weighted by Gasteiger charge is 2.33. The van der Waals surface area contributed by atoms with E-state index in [1.807, 2.05) is 0 Å². The lowest BCUT2D eigenvalue weighted by Crippen LogP contribution is -2.44. The fourth-order valence-electron chi connectivity index (χ4n) is 2.60. The first-order chi connectivity index (χ1) is 13.7. The second kappa shape index (κ2) is 10.6. The van der Waals surface area contributed by atoms with Gasteiger partial charge in [-0.2, -0.15) is 11.8 Å². The molecule has 0 amide bonds. The average Bonchev–Trinajstić information content (AvgIpc) is 2.63. The normalized spacial score (nSPS) is 22.8. The zero-order valence-corrected chi connectivity index (χ0v) is 17.9. The summed E-state index contributed by atoms with van der Waals surface area (Å²) < 4.78 is 18.3. The van der Waals surface area contributed by atoms with Gasteiger partial charge in [-0.1, -0.05) is 27.7 Å². The lowest BCUT2D eigenvalue weighted by atomic mass is 10.1. The second-order valence-electron chi connectivity index (χ2n) is 7.42. The summed E-state index contributed by atoms with van der Waals surface area (Å²) in [6.45, 7) is 6.80. The van der Waals surface area contributed by atoms with Crippen molar-refractivity contribution in [2.45, 2.75) is 52.6 Å². The third-order valence-corrected chi connectivity index (χ3v) is 5.36. The summed E-state index contributed by atoms with van der Waals surface area (Å²) >= 11 is 1.54. The van der Waals surface area contributed by atoms with Gasteiger partial charge in [0.2, 0.25) is 0 Å². The van der Waals surface area contributed by atoms with Gasteiger partial charge in [0.25, 0.3) is 5.56 Å². The fraction of sp³-hybridized carbons (Fsp3) is 0.684. The Kier molecular flexibility index (Phi) is 8.51. The predicted molar refractivity (Wildman–Crippen MR) is 108 cm³/mol. The van der Waals surface area contributed by atoms with Crippen LogP contribution in [0.5, 0.6) is 0 Å². The molecule has 1 aliphatic rings. The largest absolute Gasteiger partial charge is 0.463 e.